The van der Waals surface area contributed by atoms with Gasteiger partial charge in [-0.25, -0.2) is 0 Å². The predicted octanol–water partition coefficient (Wildman–Crippen LogP) is 3.90. The Labute approximate surface area is 128 Å². The lowest BCUT2D eigenvalue weighted by Crippen LogP contribution is -2.58. The van der Waals surface area contributed by atoms with Crippen LogP contribution in [0.5, 0.6) is 0 Å². The Kier molecular flexibility index (Phi) is 2.71. The number of aromatic nitrogens is 2. The number of hydrogen-bond donors (Lipinski definition) is 1. The lowest BCUT2D eigenvalue weighted by atomic mass is 9.39. The average molecular weight is 287 g/mol. The maximum Gasteiger partial charge on any atom is 0.0556 e. The third-order valence-electron chi connectivity index (χ3n) is 6.70. The van der Waals surface area contributed by atoms with Gasteiger partial charge in [-0.05, 0) is 73.7 Å². The predicted molar refractivity (Wildman–Crippen MR) is 84.7 cm³/mol. The zero-order valence-corrected chi connectivity index (χ0v) is 13.7. The molecule has 4 aliphatic rings. The van der Waals surface area contributed by atoms with Crippen LogP contribution in [0.3, 0.4) is 0 Å². The zero-order valence-electron chi connectivity index (χ0n) is 13.7. The second-order valence-corrected chi connectivity index (χ2v) is 9.04. The molecule has 4 saturated carbocycles. The molecule has 4 bridgehead atoms. The van der Waals surface area contributed by atoms with Crippen LogP contribution in [0.2, 0.25) is 0 Å². The van der Waals surface area contributed by atoms with E-state index in [1.807, 2.05) is 6.20 Å². The first-order valence-electron chi connectivity index (χ1n) is 8.64. The van der Waals surface area contributed by atoms with Gasteiger partial charge in [0, 0.05) is 12.7 Å². The van der Waals surface area contributed by atoms with Crippen molar-refractivity contribution in [2.75, 3.05) is 0 Å². The molecule has 21 heavy (non-hydrogen) atoms. The summed E-state index contributed by atoms with van der Waals surface area (Å²) in [6.07, 6.45) is 10.2. The van der Waals surface area contributed by atoms with Crippen molar-refractivity contribution >= 4 is 0 Å². The molecular formula is C18H29N3. The topological polar surface area (TPSA) is 43.8 Å². The van der Waals surface area contributed by atoms with Gasteiger partial charge in [-0.2, -0.15) is 5.10 Å². The fourth-order valence-corrected chi connectivity index (χ4v) is 7.07. The van der Waals surface area contributed by atoms with Crippen molar-refractivity contribution in [3.8, 4) is 0 Å². The Morgan fingerprint density at radius 3 is 2.48 bits per heavy atom. The molecule has 4 aliphatic carbocycles. The Bertz CT molecular complexity index is 543. The fourth-order valence-electron chi connectivity index (χ4n) is 7.07. The molecule has 0 aromatic carbocycles. The molecule has 5 rings (SSSR count). The van der Waals surface area contributed by atoms with E-state index in [9.17, 15) is 0 Å². The van der Waals surface area contributed by atoms with Gasteiger partial charge in [0.25, 0.3) is 0 Å². The van der Waals surface area contributed by atoms with Crippen LogP contribution in [0.1, 0.15) is 71.0 Å². The molecule has 0 amide bonds. The fraction of sp³-hybridized carbons (Fsp3) is 0.833. The maximum atomic E-state index is 6.87. The van der Waals surface area contributed by atoms with Gasteiger partial charge in [0.1, 0.15) is 0 Å². The largest absolute Gasteiger partial charge is 0.322 e. The third-order valence-corrected chi connectivity index (χ3v) is 6.70. The van der Waals surface area contributed by atoms with Gasteiger partial charge in [0.15, 0.2) is 0 Å². The van der Waals surface area contributed by atoms with E-state index in [1.54, 1.807) is 0 Å². The summed E-state index contributed by atoms with van der Waals surface area (Å²) in [6, 6.07) is 2.30. The normalized spacial score (nSPS) is 46.0. The van der Waals surface area contributed by atoms with Gasteiger partial charge in [-0.1, -0.05) is 13.8 Å². The lowest BCUT2D eigenvalue weighted by Gasteiger charge is -2.66. The number of aryl methyl sites for hydroxylation is 1. The minimum absolute atomic E-state index is 0.155. The Hall–Kier alpha value is -0.830. The van der Waals surface area contributed by atoms with Crippen molar-refractivity contribution in [1.82, 2.24) is 9.78 Å². The van der Waals surface area contributed by atoms with E-state index < -0.39 is 0 Å². The highest BCUT2D eigenvalue weighted by atomic mass is 15.3. The highest BCUT2D eigenvalue weighted by molar-refractivity contribution is 5.19. The minimum Gasteiger partial charge on any atom is -0.322 e. The summed E-state index contributed by atoms with van der Waals surface area (Å²) in [7, 11) is 0. The first kappa shape index (κ1) is 13.8. The van der Waals surface area contributed by atoms with Crippen LogP contribution in [0, 0.1) is 22.2 Å². The molecule has 2 N–H and O–H groups in total. The highest BCUT2D eigenvalue weighted by Gasteiger charge is 2.62. The Balaban J connectivity index is 1.74. The second-order valence-electron chi connectivity index (χ2n) is 9.04. The van der Waals surface area contributed by atoms with Crippen LogP contribution < -0.4 is 5.73 Å². The smallest absolute Gasteiger partial charge is 0.0556 e. The maximum absolute atomic E-state index is 6.87. The van der Waals surface area contributed by atoms with Crippen molar-refractivity contribution in [2.24, 2.45) is 27.9 Å². The molecule has 1 aromatic rings. The van der Waals surface area contributed by atoms with E-state index in [-0.39, 0.29) is 6.04 Å². The molecule has 3 nitrogen and oxygen atoms in total. The molecule has 0 spiro atoms. The van der Waals surface area contributed by atoms with Crippen LogP contribution in [0.15, 0.2) is 12.3 Å². The Morgan fingerprint density at radius 1 is 1.24 bits per heavy atom. The zero-order chi connectivity index (χ0) is 14.9. The van der Waals surface area contributed by atoms with E-state index >= 15 is 0 Å². The summed E-state index contributed by atoms with van der Waals surface area (Å²) in [5.41, 5.74) is 9.50. The summed E-state index contributed by atoms with van der Waals surface area (Å²) in [5, 5.41) is 4.45. The summed E-state index contributed by atoms with van der Waals surface area (Å²) in [5.74, 6) is 0.903. The van der Waals surface area contributed by atoms with E-state index in [1.165, 1.54) is 44.2 Å². The number of nitrogens with zero attached hydrogens (tertiary/aromatic N) is 2. The summed E-state index contributed by atoms with van der Waals surface area (Å²) >= 11 is 0. The van der Waals surface area contributed by atoms with Crippen molar-refractivity contribution in [1.29, 1.82) is 0 Å². The molecule has 1 aromatic heterocycles. The Morgan fingerprint density at radius 2 is 1.90 bits per heavy atom. The van der Waals surface area contributed by atoms with Gasteiger partial charge < -0.3 is 5.73 Å². The van der Waals surface area contributed by atoms with E-state index in [0.717, 1.165) is 12.5 Å². The minimum atomic E-state index is 0.155. The molecule has 3 heteroatoms. The number of rotatable bonds is 3. The molecule has 4 fully saturated rings. The first-order valence-corrected chi connectivity index (χ1v) is 8.64. The molecule has 3 unspecified atom stereocenters. The van der Waals surface area contributed by atoms with Crippen LogP contribution in [-0.4, -0.2) is 9.78 Å². The third kappa shape index (κ3) is 1.93. The van der Waals surface area contributed by atoms with Crippen molar-refractivity contribution in [3.05, 3.63) is 18.0 Å². The SMILES string of the molecule is CCn1nccc1C(N)C12CC3CC(C)(CC(C)(C3)C1)C2. The van der Waals surface area contributed by atoms with Gasteiger partial charge >= 0.3 is 0 Å². The van der Waals surface area contributed by atoms with Crippen molar-refractivity contribution in [3.63, 3.8) is 0 Å². The summed E-state index contributed by atoms with van der Waals surface area (Å²) in [6.45, 7) is 8.12. The van der Waals surface area contributed by atoms with Gasteiger partial charge in [-0.15, -0.1) is 0 Å². The molecule has 1 heterocycles. The molecule has 0 radical (unpaired) electrons. The quantitative estimate of drug-likeness (QED) is 0.916. The van der Waals surface area contributed by atoms with Gasteiger partial charge in [-0.3, -0.25) is 4.68 Å². The van der Waals surface area contributed by atoms with E-state index in [2.05, 4.69) is 36.6 Å². The second kappa shape index (κ2) is 4.13. The van der Waals surface area contributed by atoms with Crippen molar-refractivity contribution in [2.45, 2.75) is 71.9 Å². The van der Waals surface area contributed by atoms with Gasteiger partial charge in [0.05, 0.1) is 11.7 Å². The summed E-state index contributed by atoms with van der Waals surface area (Å²) in [4.78, 5) is 0. The van der Waals surface area contributed by atoms with Crippen LogP contribution in [0.4, 0.5) is 0 Å². The van der Waals surface area contributed by atoms with Crippen LogP contribution >= 0.6 is 0 Å². The van der Waals surface area contributed by atoms with Crippen LogP contribution in [0.25, 0.3) is 0 Å². The monoisotopic (exact) mass is 287 g/mol. The molecule has 3 atom stereocenters. The highest BCUT2D eigenvalue weighted by Crippen LogP contribution is 2.71. The van der Waals surface area contributed by atoms with Crippen molar-refractivity contribution < 1.29 is 0 Å². The average Bonchev–Trinajstić information content (AvgIpc) is 2.81. The molecule has 116 valence electrons. The summed E-state index contributed by atoms with van der Waals surface area (Å²) < 4.78 is 2.11. The standard InChI is InChI=1S/C18H29N3/c1-4-21-14(5-6-20-21)15(19)18-9-13-7-16(2,11-18)10-17(3,8-13)12-18/h5-6,13,15H,4,7-12,19H2,1-3H3. The first-order chi connectivity index (χ1) is 9.87. The molecular weight excluding hydrogens is 258 g/mol. The molecule has 0 saturated heterocycles. The number of hydrogen-bond acceptors (Lipinski definition) is 2. The number of nitrogens with two attached hydrogens (primary N) is 1. The van der Waals surface area contributed by atoms with Crippen LogP contribution in [-0.2, 0) is 6.54 Å². The van der Waals surface area contributed by atoms with E-state index in [0.29, 0.717) is 16.2 Å². The van der Waals surface area contributed by atoms with E-state index in [4.69, 9.17) is 5.73 Å². The molecule has 0 aliphatic heterocycles. The lowest BCUT2D eigenvalue weighted by molar-refractivity contribution is -0.155. The van der Waals surface area contributed by atoms with Gasteiger partial charge in [0.2, 0.25) is 0 Å².